The lowest BCUT2D eigenvalue weighted by molar-refractivity contribution is 0.829. The van der Waals surface area contributed by atoms with E-state index in [-0.39, 0.29) is 0 Å². The van der Waals surface area contributed by atoms with Crippen LogP contribution < -0.4 is 5.32 Å². The Balaban J connectivity index is 3.22. The molecule has 1 nitrogen and oxygen atoms in total. The van der Waals surface area contributed by atoms with Crippen molar-refractivity contribution in [2.45, 2.75) is 26.7 Å². The van der Waals surface area contributed by atoms with E-state index in [9.17, 15) is 0 Å². The third-order valence-electron chi connectivity index (χ3n) is 0.972. The summed E-state index contributed by atoms with van der Waals surface area (Å²) in [6.07, 6.45) is 6.11. The van der Waals surface area contributed by atoms with Crippen molar-refractivity contribution in [3.8, 4) is 12.0 Å². The smallest absolute Gasteiger partial charge is 0.0227 e. The van der Waals surface area contributed by atoms with Crippen LogP contribution >= 0.6 is 0 Å². The van der Waals surface area contributed by atoms with Crippen LogP contribution in [0, 0.1) is 12.0 Å². The second kappa shape index (κ2) is 8.10. The second-order valence-corrected chi connectivity index (χ2v) is 2.01. The van der Waals surface area contributed by atoms with Gasteiger partial charge in [0.1, 0.15) is 0 Å². The van der Waals surface area contributed by atoms with Gasteiger partial charge in [0.15, 0.2) is 0 Å². The Morgan fingerprint density at radius 2 is 2.20 bits per heavy atom. The minimum absolute atomic E-state index is 0.979. The summed E-state index contributed by atoms with van der Waals surface area (Å²) in [5.74, 6) is 2.88. The molecule has 0 bridgehead atoms. The number of allylic oxidation sites excluding steroid dienone is 2. The Morgan fingerprint density at radius 3 is 2.80 bits per heavy atom. The maximum Gasteiger partial charge on any atom is 0.0227 e. The lowest BCUT2D eigenvalue weighted by Crippen LogP contribution is -2.05. The third-order valence-corrected chi connectivity index (χ3v) is 0.972. The van der Waals surface area contributed by atoms with Crippen molar-refractivity contribution in [2.24, 2.45) is 0 Å². The van der Waals surface area contributed by atoms with Gasteiger partial charge in [-0.1, -0.05) is 25.8 Å². The first-order chi connectivity index (χ1) is 4.91. The number of hydrogen-bond donors (Lipinski definition) is 1. The maximum absolute atomic E-state index is 2.98. The van der Waals surface area contributed by atoms with Crippen LogP contribution in [0.4, 0.5) is 0 Å². The van der Waals surface area contributed by atoms with Crippen LogP contribution in [0.1, 0.15) is 26.7 Å². The second-order valence-electron chi connectivity index (χ2n) is 2.01. The number of nitrogens with one attached hydrogen (secondary N) is 1. The van der Waals surface area contributed by atoms with E-state index >= 15 is 0 Å². The molecule has 10 heavy (non-hydrogen) atoms. The SMILES string of the molecule is CCC=CC#CNCCC. The van der Waals surface area contributed by atoms with Crippen molar-refractivity contribution in [1.29, 1.82) is 0 Å². The molecule has 0 spiro atoms. The Hall–Kier alpha value is -0.900. The monoisotopic (exact) mass is 137 g/mol. The van der Waals surface area contributed by atoms with E-state index in [0.29, 0.717) is 0 Å². The fourth-order valence-electron chi connectivity index (χ4n) is 0.457. The number of rotatable bonds is 3. The first-order valence-corrected chi connectivity index (χ1v) is 3.80. The molecule has 1 N–H and O–H groups in total. The van der Waals surface area contributed by atoms with Crippen molar-refractivity contribution in [3.05, 3.63) is 12.2 Å². The van der Waals surface area contributed by atoms with Gasteiger partial charge in [-0.2, -0.15) is 0 Å². The summed E-state index contributed by atoms with van der Waals surface area (Å²) < 4.78 is 0. The predicted octanol–water partition coefficient (Wildman–Crippen LogP) is 1.91. The van der Waals surface area contributed by atoms with E-state index < -0.39 is 0 Å². The summed E-state index contributed by atoms with van der Waals surface area (Å²) in [5.41, 5.74) is 0. The van der Waals surface area contributed by atoms with E-state index in [1.54, 1.807) is 0 Å². The molecule has 0 rings (SSSR count). The van der Waals surface area contributed by atoms with Crippen molar-refractivity contribution >= 4 is 0 Å². The zero-order chi connectivity index (χ0) is 7.66. The van der Waals surface area contributed by atoms with Gasteiger partial charge in [-0.3, -0.25) is 0 Å². The van der Waals surface area contributed by atoms with Crippen molar-refractivity contribution < 1.29 is 0 Å². The van der Waals surface area contributed by atoms with Crippen LogP contribution in [0.5, 0.6) is 0 Å². The summed E-state index contributed by atoms with van der Waals surface area (Å²) in [6, 6.07) is 2.83. The molecule has 56 valence electrons. The van der Waals surface area contributed by atoms with Crippen LogP contribution in [-0.2, 0) is 0 Å². The third kappa shape index (κ3) is 7.10. The minimum Gasteiger partial charge on any atom is -0.346 e. The van der Waals surface area contributed by atoms with Crippen LogP contribution in [0.15, 0.2) is 12.2 Å². The minimum atomic E-state index is 0.979. The summed E-state index contributed by atoms with van der Waals surface area (Å²) in [6.45, 7) is 5.20. The lowest BCUT2D eigenvalue weighted by atomic mass is 10.4. The van der Waals surface area contributed by atoms with Gasteiger partial charge in [0.2, 0.25) is 0 Å². The molecule has 0 aliphatic heterocycles. The van der Waals surface area contributed by atoms with Gasteiger partial charge in [0.25, 0.3) is 0 Å². The molecule has 0 aliphatic rings. The van der Waals surface area contributed by atoms with Gasteiger partial charge < -0.3 is 5.32 Å². The molecule has 0 saturated carbocycles. The first-order valence-electron chi connectivity index (χ1n) is 3.80. The predicted molar refractivity (Wildman–Crippen MR) is 45.5 cm³/mol. The zero-order valence-corrected chi connectivity index (χ0v) is 6.78. The van der Waals surface area contributed by atoms with Gasteiger partial charge in [0, 0.05) is 12.6 Å². The van der Waals surface area contributed by atoms with Gasteiger partial charge in [0.05, 0.1) is 0 Å². The van der Waals surface area contributed by atoms with E-state index in [1.807, 2.05) is 12.2 Å². The largest absolute Gasteiger partial charge is 0.346 e. The first kappa shape index (κ1) is 9.10. The topological polar surface area (TPSA) is 12.0 Å². The van der Waals surface area contributed by atoms with Gasteiger partial charge in [-0.05, 0) is 18.9 Å². The fraction of sp³-hybridized carbons (Fsp3) is 0.556. The molecule has 0 aromatic rings. The Labute approximate surface area is 63.5 Å². The molecule has 0 aromatic heterocycles. The summed E-state index contributed by atoms with van der Waals surface area (Å²) in [4.78, 5) is 0. The fourth-order valence-corrected chi connectivity index (χ4v) is 0.457. The van der Waals surface area contributed by atoms with Crippen LogP contribution in [-0.4, -0.2) is 6.54 Å². The molecular weight excluding hydrogens is 122 g/mol. The molecule has 0 radical (unpaired) electrons. The molecule has 0 fully saturated rings. The van der Waals surface area contributed by atoms with E-state index in [4.69, 9.17) is 0 Å². The Bertz CT molecular complexity index is 137. The molecule has 1 heteroatoms. The van der Waals surface area contributed by atoms with Gasteiger partial charge in [-0.25, -0.2) is 0 Å². The van der Waals surface area contributed by atoms with E-state index in [0.717, 1.165) is 19.4 Å². The molecule has 0 aliphatic carbocycles. The molecule has 0 heterocycles. The molecule has 0 amide bonds. The Kier molecular flexibility index (Phi) is 7.37. The van der Waals surface area contributed by atoms with Gasteiger partial charge >= 0.3 is 0 Å². The van der Waals surface area contributed by atoms with Crippen LogP contribution in [0.2, 0.25) is 0 Å². The quantitative estimate of drug-likeness (QED) is 0.356. The molecule has 0 unspecified atom stereocenters. The van der Waals surface area contributed by atoms with Gasteiger partial charge in [-0.15, -0.1) is 0 Å². The standard InChI is InChI=1S/C9H15N/c1-3-5-6-7-9-10-8-4-2/h5-6,10H,3-4,8H2,1-2H3. The summed E-state index contributed by atoms with van der Waals surface area (Å²) >= 11 is 0. The molecular formula is C9H15N. The Morgan fingerprint density at radius 1 is 1.40 bits per heavy atom. The molecule has 0 aromatic carbocycles. The van der Waals surface area contributed by atoms with Crippen molar-refractivity contribution in [1.82, 2.24) is 5.32 Å². The van der Waals surface area contributed by atoms with E-state index in [1.165, 1.54) is 0 Å². The highest BCUT2D eigenvalue weighted by molar-refractivity contribution is 5.13. The summed E-state index contributed by atoms with van der Waals surface area (Å²) in [5, 5.41) is 2.98. The zero-order valence-electron chi connectivity index (χ0n) is 6.78. The normalized spacial score (nSPS) is 9.00. The average molecular weight is 137 g/mol. The van der Waals surface area contributed by atoms with Crippen molar-refractivity contribution in [3.63, 3.8) is 0 Å². The van der Waals surface area contributed by atoms with Crippen molar-refractivity contribution in [2.75, 3.05) is 6.54 Å². The highest BCUT2D eigenvalue weighted by Crippen LogP contribution is 1.75. The number of hydrogen-bond acceptors (Lipinski definition) is 1. The maximum atomic E-state index is 2.98. The molecule has 0 atom stereocenters. The average Bonchev–Trinajstić information content (AvgIpc) is 1.97. The summed E-state index contributed by atoms with van der Waals surface area (Å²) in [7, 11) is 0. The molecule has 0 saturated heterocycles. The van der Waals surface area contributed by atoms with E-state index in [2.05, 4.69) is 31.1 Å². The highest BCUT2D eigenvalue weighted by atomic mass is 14.8. The van der Waals surface area contributed by atoms with Crippen LogP contribution in [0.25, 0.3) is 0 Å². The highest BCUT2D eigenvalue weighted by Gasteiger charge is 1.69. The van der Waals surface area contributed by atoms with Crippen LogP contribution in [0.3, 0.4) is 0 Å². The lowest BCUT2D eigenvalue weighted by Gasteiger charge is -1.87.